The number of aromatic hydroxyl groups is 5. The zero-order chi connectivity index (χ0) is 19.7. The summed E-state index contributed by atoms with van der Waals surface area (Å²) in [7, 11) is 0. The van der Waals surface area contributed by atoms with Gasteiger partial charge >= 0.3 is 0 Å². The zero-order valence-corrected chi connectivity index (χ0v) is 14.8. The van der Waals surface area contributed by atoms with Crippen LogP contribution >= 0.6 is 0 Å². The van der Waals surface area contributed by atoms with Crippen LogP contribution in [0.15, 0.2) is 36.4 Å². The lowest BCUT2D eigenvalue weighted by molar-refractivity contribution is 0.330. The van der Waals surface area contributed by atoms with E-state index in [-0.39, 0.29) is 11.0 Å². The number of anilines is 1. The Balaban J connectivity index is 1.98. The van der Waals surface area contributed by atoms with Crippen molar-refractivity contribution in [2.75, 3.05) is 5.73 Å². The highest BCUT2D eigenvalue weighted by Crippen LogP contribution is 2.56. The Hall–Kier alpha value is -3.54. The van der Waals surface area contributed by atoms with E-state index in [0.29, 0.717) is 11.3 Å². The molecule has 0 unspecified atom stereocenters. The van der Waals surface area contributed by atoms with Crippen LogP contribution < -0.4 is 5.73 Å². The maximum atomic E-state index is 10.2. The first kappa shape index (κ1) is 16.9. The molecule has 0 aromatic heterocycles. The first-order valence-corrected chi connectivity index (χ1v) is 8.38. The van der Waals surface area contributed by atoms with E-state index in [4.69, 9.17) is 5.73 Å². The Kier molecular flexibility index (Phi) is 3.28. The van der Waals surface area contributed by atoms with E-state index < -0.39 is 28.7 Å². The van der Waals surface area contributed by atoms with Gasteiger partial charge in [-0.25, -0.2) is 0 Å². The van der Waals surface area contributed by atoms with Crippen LogP contribution in [0.2, 0.25) is 0 Å². The molecule has 6 nitrogen and oxygen atoms in total. The van der Waals surface area contributed by atoms with Crippen molar-refractivity contribution in [1.29, 1.82) is 0 Å². The molecule has 0 saturated carbocycles. The number of nitrogens with two attached hydrogens (primary N) is 1. The maximum absolute atomic E-state index is 10.2. The predicted octanol–water partition coefficient (Wildman–Crippen LogP) is 3.77. The van der Waals surface area contributed by atoms with Crippen molar-refractivity contribution in [2.45, 2.75) is 19.3 Å². The van der Waals surface area contributed by atoms with E-state index >= 15 is 0 Å². The van der Waals surface area contributed by atoms with E-state index in [9.17, 15) is 25.5 Å². The number of phenolic OH excluding ortho intramolecular Hbond substituents is 5. The fraction of sp³-hybridized carbons (Fsp3) is 0.143. The second-order valence-electron chi connectivity index (χ2n) is 7.31. The maximum Gasteiger partial charge on any atom is 0.208 e. The Labute approximate surface area is 155 Å². The summed E-state index contributed by atoms with van der Waals surface area (Å²) in [6.07, 6.45) is 0. The van der Waals surface area contributed by atoms with Gasteiger partial charge in [-0.2, -0.15) is 0 Å². The number of nitrogen functional groups attached to an aromatic ring is 1. The van der Waals surface area contributed by atoms with Gasteiger partial charge in [0.25, 0.3) is 0 Å². The van der Waals surface area contributed by atoms with Crippen LogP contribution in [0.4, 0.5) is 5.69 Å². The number of fused-ring (bicyclic) bond motifs is 3. The summed E-state index contributed by atoms with van der Waals surface area (Å²) >= 11 is 0. The molecule has 0 heterocycles. The highest BCUT2D eigenvalue weighted by molar-refractivity contribution is 5.89. The van der Waals surface area contributed by atoms with E-state index in [1.54, 1.807) is 12.1 Å². The van der Waals surface area contributed by atoms with Gasteiger partial charge in [-0.3, -0.25) is 0 Å². The first-order valence-electron chi connectivity index (χ1n) is 8.38. The summed E-state index contributed by atoms with van der Waals surface area (Å²) in [6.45, 7) is 4.10. The highest BCUT2D eigenvalue weighted by atomic mass is 16.4. The molecule has 3 aromatic rings. The molecule has 6 heteroatoms. The minimum atomic E-state index is -0.974. The van der Waals surface area contributed by atoms with Crippen LogP contribution in [0.3, 0.4) is 0 Å². The molecule has 1 aliphatic carbocycles. The molecule has 0 aliphatic heterocycles. The lowest BCUT2D eigenvalue weighted by atomic mass is 9.81. The number of rotatable bonds is 1. The molecule has 0 fully saturated rings. The first-order chi connectivity index (χ1) is 12.6. The predicted molar refractivity (Wildman–Crippen MR) is 102 cm³/mol. The third-order valence-corrected chi connectivity index (χ3v) is 5.36. The number of phenols is 5. The third-order valence-electron chi connectivity index (χ3n) is 5.36. The molecule has 1 aliphatic rings. The molecule has 27 heavy (non-hydrogen) atoms. The molecule has 3 aromatic carbocycles. The minimum Gasteiger partial charge on any atom is -0.504 e. The Morgan fingerprint density at radius 1 is 0.667 bits per heavy atom. The Bertz CT molecular complexity index is 1090. The van der Waals surface area contributed by atoms with Gasteiger partial charge in [0.15, 0.2) is 11.5 Å². The quantitative estimate of drug-likeness (QED) is 0.221. The van der Waals surface area contributed by atoms with Crippen LogP contribution in [0.5, 0.6) is 28.7 Å². The molecule has 0 saturated heterocycles. The molecular formula is C21H19NO5. The number of hydrogen-bond acceptors (Lipinski definition) is 6. The summed E-state index contributed by atoms with van der Waals surface area (Å²) in [5.74, 6) is -4.18. The molecule has 138 valence electrons. The van der Waals surface area contributed by atoms with E-state index in [2.05, 4.69) is 0 Å². The van der Waals surface area contributed by atoms with Crippen LogP contribution in [-0.4, -0.2) is 25.5 Å². The molecule has 0 radical (unpaired) electrons. The largest absolute Gasteiger partial charge is 0.504 e. The van der Waals surface area contributed by atoms with Gasteiger partial charge in [-0.1, -0.05) is 32.0 Å². The second-order valence-corrected chi connectivity index (χ2v) is 7.31. The van der Waals surface area contributed by atoms with Crippen LogP contribution in [0, 0.1) is 0 Å². The summed E-state index contributed by atoms with van der Waals surface area (Å²) < 4.78 is 0. The van der Waals surface area contributed by atoms with Crippen LogP contribution in [-0.2, 0) is 5.41 Å². The molecule has 0 amide bonds. The number of hydrogen-bond donors (Lipinski definition) is 6. The van der Waals surface area contributed by atoms with Gasteiger partial charge in [0.2, 0.25) is 17.2 Å². The Morgan fingerprint density at radius 3 is 1.74 bits per heavy atom. The molecule has 7 N–H and O–H groups in total. The third kappa shape index (κ3) is 2.13. The van der Waals surface area contributed by atoms with Gasteiger partial charge < -0.3 is 31.3 Å². The fourth-order valence-electron chi connectivity index (χ4n) is 3.87. The average molecular weight is 365 g/mol. The zero-order valence-electron chi connectivity index (χ0n) is 14.8. The van der Waals surface area contributed by atoms with Gasteiger partial charge in [0.1, 0.15) is 0 Å². The van der Waals surface area contributed by atoms with Crippen molar-refractivity contribution in [1.82, 2.24) is 0 Å². The molecule has 0 bridgehead atoms. The summed E-state index contributed by atoms with van der Waals surface area (Å²) in [4.78, 5) is 0. The van der Waals surface area contributed by atoms with Crippen molar-refractivity contribution in [3.63, 3.8) is 0 Å². The van der Waals surface area contributed by atoms with Crippen LogP contribution in [0.25, 0.3) is 22.3 Å². The standard InChI is InChI=1S/C21H19NO5/c1-21(2)13-7-9(15-16(23)18(25)20(27)19(26)17(15)24)3-5-11(13)12-6-4-10(22)8-14(12)21/h3-8,23-27H,22H2,1-2H3. The van der Waals surface area contributed by atoms with Gasteiger partial charge in [-0.15, -0.1) is 0 Å². The van der Waals surface area contributed by atoms with Gasteiger partial charge in [0.05, 0.1) is 5.56 Å². The monoisotopic (exact) mass is 365 g/mol. The normalized spacial score (nSPS) is 14.0. The smallest absolute Gasteiger partial charge is 0.208 e. The summed E-state index contributed by atoms with van der Waals surface area (Å²) in [6, 6.07) is 11.1. The summed E-state index contributed by atoms with van der Waals surface area (Å²) in [5.41, 5.74) is 10.6. The van der Waals surface area contributed by atoms with Gasteiger partial charge in [0, 0.05) is 11.1 Å². The van der Waals surface area contributed by atoms with Crippen LogP contribution in [0.1, 0.15) is 25.0 Å². The Morgan fingerprint density at radius 2 is 1.15 bits per heavy atom. The van der Waals surface area contributed by atoms with Gasteiger partial charge in [-0.05, 0) is 46.0 Å². The minimum absolute atomic E-state index is 0.156. The average Bonchev–Trinajstić information content (AvgIpc) is 2.86. The highest BCUT2D eigenvalue weighted by Gasteiger charge is 2.36. The summed E-state index contributed by atoms with van der Waals surface area (Å²) in [5, 5.41) is 49.7. The van der Waals surface area contributed by atoms with Crippen molar-refractivity contribution in [2.24, 2.45) is 0 Å². The topological polar surface area (TPSA) is 127 Å². The molecule has 4 rings (SSSR count). The second kappa shape index (κ2) is 5.23. The molecule has 0 atom stereocenters. The van der Waals surface area contributed by atoms with Crippen molar-refractivity contribution < 1.29 is 25.5 Å². The van der Waals surface area contributed by atoms with E-state index in [1.807, 2.05) is 38.1 Å². The number of benzene rings is 3. The molecular weight excluding hydrogens is 346 g/mol. The van der Waals surface area contributed by atoms with Crippen molar-refractivity contribution in [3.05, 3.63) is 47.5 Å². The fourth-order valence-corrected chi connectivity index (χ4v) is 3.87. The SMILES string of the molecule is CC1(C)c2cc(N)ccc2-c2ccc(-c3c(O)c(O)c(O)c(O)c3O)cc21. The molecule has 0 spiro atoms. The van der Waals surface area contributed by atoms with E-state index in [0.717, 1.165) is 22.3 Å². The van der Waals surface area contributed by atoms with Crippen molar-refractivity contribution in [3.8, 4) is 51.0 Å². The van der Waals surface area contributed by atoms with E-state index in [1.165, 1.54) is 0 Å². The lowest BCUT2D eigenvalue weighted by Gasteiger charge is -2.22. The lowest BCUT2D eigenvalue weighted by Crippen LogP contribution is -2.15. The van der Waals surface area contributed by atoms with Crippen molar-refractivity contribution >= 4 is 5.69 Å².